The van der Waals surface area contributed by atoms with Gasteiger partial charge >= 0.3 is 11.9 Å². The molecule has 1 heterocycles. The maximum atomic E-state index is 11.7. The predicted octanol–water partition coefficient (Wildman–Crippen LogP) is 1.12. The van der Waals surface area contributed by atoms with E-state index in [0.29, 0.717) is 11.4 Å². The van der Waals surface area contributed by atoms with Gasteiger partial charge in [-0.25, -0.2) is 9.59 Å². The molecule has 0 aromatic heterocycles. The van der Waals surface area contributed by atoms with Crippen molar-refractivity contribution in [1.82, 2.24) is 0 Å². The molecule has 0 atom stereocenters. The molecule has 0 unspecified atom stereocenters. The first-order valence-electron chi connectivity index (χ1n) is 4.89. The minimum absolute atomic E-state index is 0.128. The molecular weight excluding hydrogens is 304 g/mol. The lowest BCUT2D eigenvalue weighted by atomic mass is 10.2. The van der Waals surface area contributed by atoms with Crippen LogP contribution in [0.1, 0.15) is 0 Å². The molecular formula is C11H9BrN2O4. The van der Waals surface area contributed by atoms with Crippen molar-refractivity contribution >= 4 is 33.6 Å². The first kappa shape index (κ1) is 12.4. The third-order valence-corrected chi connectivity index (χ3v) is 2.78. The highest BCUT2D eigenvalue weighted by Crippen LogP contribution is 2.33. The van der Waals surface area contributed by atoms with Crippen LogP contribution < -0.4 is 15.8 Å². The average molecular weight is 313 g/mol. The smallest absolute Gasteiger partial charge is 0.362 e. The molecule has 94 valence electrons. The van der Waals surface area contributed by atoms with Crippen molar-refractivity contribution in [3.8, 4) is 5.75 Å². The fourth-order valence-electron chi connectivity index (χ4n) is 1.41. The van der Waals surface area contributed by atoms with E-state index in [0.717, 1.165) is 4.47 Å². The summed E-state index contributed by atoms with van der Waals surface area (Å²) in [5.74, 6) is -1.17. The molecule has 1 aliphatic heterocycles. The van der Waals surface area contributed by atoms with E-state index in [4.69, 9.17) is 10.5 Å². The molecule has 0 spiro atoms. The molecule has 0 bridgehead atoms. The number of rotatable bonds is 1. The summed E-state index contributed by atoms with van der Waals surface area (Å²) >= 11 is 3.26. The first-order chi connectivity index (χ1) is 8.52. The number of ether oxygens (including phenoxy) is 2. The number of benzene rings is 1. The molecule has 7 heteroatoms. The van der Waals surface area contributed by atoms with Crippen LogP contribution in [0.5, 0.6) is 5.75 Å². The summed E-state index contributed by atoms with van der Waals surface area (Å²) in [6.07, 6.45) is 0. The highest BCUT2D eigenvalue weighted by atomic mass is 79.9. The Labute approximate surface area is 111 Å². The molecule has 0 radical (unpaired) electrons. The molecule has 0 aliphatic carbocycles. The van der Waals surface area contributed by atoms with Crippen LogP contribution in [0.15, 0.2) is 34.1 Å². The van der Waals surface area contributed by atoms with E-state index in [9.17, 15) is 9.59 Å². The second-order valence-corrected chi connectivity index (χ2v) is 4.35. The number of halogens is 1. The number of carbonyl (C=O) groups excluding carboxylic acids is 2. The minimum Gasteiger partial charge on any atom is -0.464 e. The van der Waals surface area contributed by atoms with Gasteiger partial charge in [0, 0.05) is 4.47 Å². The van der Waals surface area contributed by atoms with Crippen molar-refractivity contribution in [3.05, 3.63) is 34.1 Å². The topological polar surface area (TPSA) is 90.7 Å². The van der Waals surface area contributed by atoms with Crippen LogP contribution in [0.2, 0.25) is 0 Å². The fourth-order valence-corrected chi connectivity index (χ4v) is 1.75. The molecule has 1 aliphatic rings. The van der Waals surface area contributed by atoms with Gasteiger partial charge in [0.25, 0.3) is 0 Å². The molecule has 0 saturated carbocycles. The first-order valence-corrected chi connectivity index (χ1v) is 5.69. The van der Waals surface area contributed by atoms with Crippen molar-refractivity contribution in [2.45, 2.75) is 0 Å². The number of methoxy groups -OCH3 is 1. The van der Waals surface area contributed by atoms with Gasteiger partial charge < -0.3 is 20.5 Å². The van der Waals surface area contributed by atoms with Crippen LogP contribution in [0.4, 0.5) is 5.69 Å². The number of esters is 2. The van der Waals surface area contributed by atoms with E-state index in [-0.39, 0.29) is 11.4 Å². The number of anilines is 1. The van der Waals surface area contributed by atoms with E-state index in [2.05, 4.69) is 26.0 Å². The Kier molecular flexibility index (Phi) is 3.24. The van der Waals surface area contributed by atoms with Gasteiger partial charge in [0.2, 0.25) is 0 Å². The summed E-state index contributed by atoms with van der Waals surface area (Å²) in [6, 6.07) is 5.08. The Hall–Kier alpha value is -2.02. The molecule has 18 heavy (non-hydrogen) atoms. The van der Waals surface area contributed by atoms with Gasteiger partial charge in [-0.2, -0.15) is 0 Å². The van der Waals surface area contributed by atoms with Crippen molar-refractivity contribution < 1.29 is 19.1 Å². The zero-order valence-corrected chi connectivity index (χ0v) is 10.9. The second kappa shape index (κ2) is 4.69. The number of hydrogen-bond donors (Lipinski definition) is 2. The van der Waals surface area contributed by atoms with Crippen molar-refractivity contribution in [3.63, 3.8) is 0 Å². The Bertz CT molecular complexity index is 568. The lowest BCUT2D eigenvalue weighted by Gasteiger charge is -2.20. The largest absolute Gasteiger partial charge is 0.464 e. The second-order valence-electron chi connectivity index (χ2n) is 3.44. The van der Waals surface area contributed by atoms with Gasteiger partial charge in [0.1, 0.15) is 5.70 Å². The van der Waals surface area contributed by atoms with Gasteiger partial charge in [-0.1, -0.05) is 15.9 Å². The highest BCUT2D eigenvalue weighted by molar-refractivity contribution is 9.10. The van der Waals surface area contributed by atoms with Crippen LogP contribution in [0.25, 0.3) is 0 Å². The van der Waals surface area contributed by atoms with Crippen molar-refractivity contribution in [2.75, 3.05) is 12.4 Å². The van der Waals surface area contributed by atoms with Gasteiger partial charge in [-0.3, -0.25) is 0 Å². The lowest BCUT2D eigenvalue weighted by Crippen LogP contribution is -2.29. The summed E-state index contributed by atoms with van der Waals surface area (Å²) in [6.45, 7) is 0. The summed E-state index contributed by atoms with van der Waals surface area (Å²) in [5, 5.41) is 2.75. The Morgan fingerprint density at radius 2 is 2.22 bits per heavy atom. The van der Waals surface area contributed by atoms with Gasteiger partial charge in [-0.15, -0.1) is 0 Å². The minimum atomic E-state index is -0.796. The lowest BCUT2D eigenvalue weighted by molar-refractivity contribution is -0.137. The van der Waals surface area contributed by atoms with Crippen LogP contribution in [0.3, 0.4) is 0 Å². The molecule has 1 aromatic rings. The standard InChI is InChI=1S/C11H9BrN2O4/c1-17-10(15)8(13)9-11(16)18-7-4-5(12)2-3-6(7)14-9/h2-4,14H,13H2,1H3/b9-8-. The number of nitrogens with one attached hydrogen (secondary N) is 1. The van der Waals surface area contributed by atoms with Gasteiger partial charge in [0.15, 0.2) is 11.4 Å². The summed E-state index contributed by atoms with van der Waals surface area (Å²) in [5.41, 5.74) is 5.60. The Balaban J connectivity index is 2.43. The number of fused-ring (bicyclic) bond motifs is 1. The van der Waals surface area contributed by atoms with E-state index in [1.165, 1.54) is 7.11 Å². The van der Waals surface area contributed by atoms with Crippen molar-refractivity contribution in [2.24, 2.45) is 5.73 Å². The van der Waals surface area contributed by atoms with E-state index in [1.807, 2.05) is 0 Å². The maximum Gasteiger partial charge on any atom is 0.362 e. The van der Waals surface area contributed by atoms with Crippen LogP contribution in [0, 0.1) is 0 Å². The van der Waals surface area contributed by atoms with Gasteiger partial charge in [0.05, 0.1) is 12.8 Å². The maximum absolute atomic E-state index is 11.7. The quantitative estimate of drug-likeness (QED) is 0.459. The van der Waals surface area contributed by atoms with E-state index >= 15 is 0 Å². The molecule has 0 saturated heterocycles. The van der Waals surface area contributed by atoms with Crippen LogP contribution in [-0.4, -0.2) is 19.0 Å². The SMILES string of the molecule is COC(=O)/C(N)=C1/Nc2ccc(Br)cc2OC1=O. The summed E-state index contributed by atoms with van der Waals surface area (Å²) < 4.78 is 10.3. The third kappa shape index (κ3) is 2.17. The predicted molar refractivity (Wildman–Crippen MR) is 66.6 cm³/mol. The van der Waals surface area contributed by atoms with E-state index < -0.39 is 11.9 Å². The fraction of sp³-hybridized carbons (Fsp3) is 0.0909. The molecule has 2 rings (SSSR count). The number of hydrogen-bond acceptors (Lipinski definition) is 6. The summed E-state index contributed by atoms with van der Waals surface area (Å²) in [7, 11) is 1.18. The zero-order valence-electron chi connectivity index (χ0n) is 9.32. The normalized spacial score (nSPS) is 16.2. The van der Waals surface area contributed by atoms with Crippen LogP contribution >= 0.6 is 15.9 Å². The highest BCUT2D eigenvalue weighted by Gasteiger charge is 2.27. The Morgan fingerprint density at radius 3 is 2.89 bits per heavy atom. The Morgan fingerprint density at radius 1 is 1.50 bits per heavy atom. The van der Waals surface area contributed by atoms with Crippen molar-refractivity contribution in [1.29, 1.82) is 0 Å². The molecule has 1 aromatic carbocycles. The molecule has 3 N–H and O–H groups in total. The van der Waals surface area contributed by atoms with Gasteiger partial charge in [-0.05, 0) is 18.2 Å². The third-order valence-electron chi connectivity index (χ3n) is 2.28. The number of nitrogens with two attached hydrogens (primary N) is 1. The zero-order chi connectivity index (χ0) is 13.3. The molecule has 6 nitrogen and oxygen atoms in total. The average Bonchev–Trinajstić information content (AvgIpc) is 2.36. The molecule has 0 fully saturated rings. The van der Waals surface area contributed by atoms with E-state index in [1.54, 1.807) is 18.2 Å². The number of carbonyl (C=O) groups is 2. The monoisotopic (exact) mass is 312 g/mol. The summed E-state index contributed by atoms with van der Waals surface area (Å²) in [4.78, 5) is 22.9. The molecule has 0 amide bonds. The van der Waals surface area contributed by atoms with Crippen LogP contribution in [-0.2, 0) is 14.3 Å².